The molecule has 33 heavy (non-hydrogen) atoms. The number of fused-ring (bicyclic) bond motifs is 1. The van der Waals surface area contributed by atoms with E-state index in [4.69, 9.17) is 9.47 Å². The van der Waals surface area contributed by atoms with Crippen molar-refractivity contribution in [3.05, 3.63) is 42.5 Å². The molecule has 2 aliphatic rings. The topological polar surface area (TPSA) is 119 Å². The van der Waals surface area contributed by atoms with E-state index >= 15 is 0 Å². The number of ether oxygens (including phenoxy) is 2. The number of hydrogen-bond donors (Lipinski definition) is 1. The van der Waals surface area contributed by atoms with Crippen molar-refractivity contribution in [2.24, 2.45) is 0 Å². The molecule has 0 saturated carbocycles. The molecule has 2 aromatic carbocycles. The minimum atomic E-state index is -3.73. The van der Waals surface area contributed by atoms with Gasteiger partial charge in [-0.2, -0.15) is 4.31 Å². The molecule has 178 valence electrons. The lowest BCUT2D eigenvalue weighted by molar-refractivity contribution is -0.115. The Morgan fingerprint density at radius 1 is 0.879 bits per heavy atom. The molecule has 0 unspecified atom stereocenters. The van der Waals surface area contributed by atoms with Crippen molar-refractivity contribution in [2.45, 2.75) is 35.5 Å². The summed E-state index contributed by atoms with van der Waals surface area (Å²) in [6.07, 6.45) is 2.39. The van der Waals surface area contributed by atoms with Gasteiger partial charge in [0.15, 0.2) is 21.3 Å². The normalized spacial score (nSPS) is 16.8. The molecule has 0 atom stereocenters. The highest BCUT2D eigenvalue weighted by Gasteiger charge is 2.26. The van der Waals surface area contributed by atoms with Gasteiger partial charge in [-0.25, -0.2) is 16.8 Å². The van der Waals surface area contributed by atoms with Crippen molar-refractivity contribution in [1.82, 2.24) is 4.31 Å². The summed E-state index contributed by atoms with van der Waals surface area (Å²) in [6.45, 7) is 1.71. The molecule has 1 fully saturated rings. The van der Waals surface area contributed by atoms with Gasteiger partial charge in [-0.15, -0.1) is 0 Å². The van der Waals surface area contributed by atoms with Crippen LogP contribution >= 0.6 is 0 Å². The summed E-state index contributed by atoms with van der Waals surface area (Å²) >= 11 is 0. The van der Waals surface area contributed by atoms with E-state index in [1.54, 1.807) is 12.1 Å². The molecule has 11 heteroatoms. The van der Waals surface area contributed by atoms with Gasteiger partial charge >= 0.3 is 0 Å². The molecule has 4 rings (SSSR count). The third-order valence-electron chi connectivity index (χ3n) is 5.54. The first-order valence-electron chi connectivity index (χ1n) is 10.8. The van der Waals surface area contributed by atoms with Gasteiger partial charge in [0.1, 0.15) is 13.2 Å². The molecule has 1 saturated heterocycles. The Balaban J connectivity index is 1.39. The number of amides is 1. The van der Waals surface area contributed by atoms with E-state index in [9.17, 15) is 21.6 Å². The zero-order valence-electron chi connectivity index (χ0n) is 18.0. The van der Waals surface area contributed by atoms with E-state index in [1.165, 1.54) is 34.6 Å². The molecular formula is C22H26N2O7S2. The molecule has 2 aromatic rings. The maximum absolute atomic E-state index is 12.9. The van der Waals surface area contributed by atoms with Gasteiger partial charge in [-0.3, -0.25) is 4.79 Å². The first-order valence-corrected chi connectivity index (χ1v) is 13.9. The molecule has 0 radical (unpaired) electrons. The van der Waals surface area contributed by atoms with Crippen LogP contribution in [0.2, 0.25) is 0 Å². The van der Waals surface area contributed by atoms with Crippen molar-refractivity contribution in [3.8, 4) is 11.5 Å². The summed E-state index contributed by atoms with van der Waals surface area (Å²) < 4.78 is 63.3. The van der Waals surface area contributed by atoms with E-state index in [0.717, 1.165) is 19.3 Å². The molecule has 1 N–H and O–H groups in total. The summed E-state index contributed by atoms with van der Waals surface area (Å²) in [5.41, 5.74) is 0.301. The van der Waals surface area contributed by atoms with E-state index in [1.807, 2.05) is 0 Å². The maximum atomic E-state index is 12.9. The standard InChI is InChI=1S/C22H26N2O7S2/c25-22(9-14-32(26,27)18-7-8-20-21(16-18)31-13-12-30-20)23-17-5-4-6-19(15-17)33(28,29)24-10-2-1-3-11-24/h4-8,15-16H,1-3,9-14H2,(H,23,25). The summed E-state index contributed by atoms with van der Waals surface area (Å²) in [5, 5.41) is 2.60. The number of hydrogen-bond acceptors (Lipinski definition) is 7. The number of benzene rings is 2. The quantitative estimate of drug-likeness (QED) is 0.628. The van der Waals surface area contributed by atoms with Crippen molar-refractivity contribution in [1.29, 1.82) is 0 Å². The van der Waals surface area contributed by atoms with Gasteiger partial charge in [0.2, 0.25) is 15.9 Å². The summed E-state index contributed by atoms with van der Waals surface area (Å²) in [5.74, 6) is -0.0796. The smallest absolute Gasteiger partial charge is 0.243 e. The van der Waals surface area contributed by atoms with Crippen LogP contribution in [0.1, 0.15) is 25.7 Å². The highest BCUT2D eigenvalue weighted by atomic mass is 32.2. The highest BCUT2D eigenvalue weighted by Crippen LogP contribution is 2.32. The fourth-order valence-corrected chi connectivity index (χ4v) is 6.59. The Bertz CT molecular complexity index is 1240. The van der Waals surface area contributed by atoms with E-state index in [0.29, 0.717) is 43.5 Å². The average Bonchev–Trinajstić information content (AvgIpc) is 2.83. The fourth-order valence-electron chi connectivity index (χ4n) is 3.77. The first-order chi connectivity index (χ1) is 15.8. The Morgan fingerprint density at radius 3 is 2.36 bits per heavy atom. The molecule has 2 aliphatic heterocycles. The van der Waals surface area contributed by atoms with Crippen LogP contribution in [0.5, 0.6) is 11.5 Å². The molecule has 9 nitrogen and oxygen atoms in total. The molecule has 2 heterocycles. The Hall–Kier alpha value is -2.63. The number of nitrogens with one attached hydrogen (secondary N) is 1. The van der Waals surface area contributed by atoms with Crippen LogP contribution in [0.3, 0.4) is 0 Å². The molecular weight excluding hydrogens is 468 g/mol. The molecule has 0 bridgehead atoms. The zero-order valence-corrected chi connectivity index (χ0v) is 19.7. The average molecular weight is 495 g/mol. The van der Waals surface area contributed by atoms with Crippen molar-refractivity contribution < 1.29 is 31.1 Å². The third kappa shape index (κ3) is 5.48. The van der Waals surface area contributed by atoms with Gasteiger partial charge in [-0.1, -0.05) is 12.5 Å². The minimum Gasteiger partial charge on any atom is -0.486 e. The molecule has 0 spiro atoms. The molecule has 0 aromatic heterocycles. The number of rotatable bonds is 7. The Kier molecular flexibility index (Phi) is 6.91. The lowest BCUT2D eigenvalue weighted by Gasteiger charge is -2.26. The van der Waals surface area contributed by atoms with Crippen molar-refractivity contribution in [3.63, 3.8) is 0 Å². The monoisotopic (exact) mass is 494 g/mol. The fraction of sp³-hybridized carbons (Fsp3) is 0.409. The van der Waals surface area contributed by atoms with Crippen molar-refractivity contribution in [2.75, 3.05) is 37.4 Å². The SMILES string of the molecule is O=C(CCS(=O)(=O)c1ccc2c(c1)OCCO2)Nc1cccc(S(=O)(=O)N2CCCCC2)c1. The molecule has 0 aliphatic carbocycles. The number of nitrogens with zero attached hydrogens (tertiary/aromatic N) is 1. The molecule has 1 amide bonds. The summed E-state index contributed by atoms with van der Waals surface area (Å²) in [4.78, 5) is 12.6. The van der Waals surface area contributed by atoms with Crippen LogP contribution in [-0.2, 0) is 24.7 Å². The van der Waals surface area contributed by atoms with Crippen LogP contribution in [0, 0.1) is 0 Å². The van der Waals surface area contributed by atoms with Crippen molar-refractivity contribution >= 4 is 31.5 Å². The second-order valence-electron chi connectivity index (χ2n) is 7.92. The van der Waals surface area contributed by atoms with Crippen LogP contribution in [0.4, 0.5) is 5.69 Å². The lowest BCUT2D eigenvalue weighted by atomic mass is 10.2. The lowest BCUT2D eigenvalue weighted by Crippen LogP contribution is -2.35. The minimum absolute atomic E-state index is 0.0502. The van der Waals surface area contributed by atoms with Gasteiger partial charge in [0, 0.05) is 31.3 Å². The van der Waals surface area contributed by atoms with Gasteiger partial charge < -0.3 is 14.8 Å². The van der Waals surface area contributed by atoms with Gasteiger partial charge in [0.25, 0.3) is 0 Å². The summed E-state index contributed by atoms with van der Waals surface area (Å²) in [6, 6.07) is 10.4. The number of anilines is 1. The van der Waals surface area contributed by atoms with Gasteiger partial charge in [-0.05, 0) is 43.2 Å². The van der Waals surface area contributed by atoms with E-state index in [2.05, 4.69) is 5.32 Å². The predicted molar refractivity (Wildman–Crippen MR) is 122 cm³/mol. The van der Waals surface area contributed by atoms with Crippen LogP contribution < -0.4 is 14.8 Å². The summed E-state index contributed by atoms with van der Waals surface area (Å²) in [7, 11) is -7.36. The Labute approximate surface area is 193 Å². The van der Waals surface area contributed by atoms with E-state index < -0.39 is 31.5 Å². The number of carbonyl (C=O) groups excluding carboxylic acids is 1. The maximum Gasteiger partial charge on any atom is 0.243 e. The predicted octanol–water partition coefficient (Wildman–Crippen LogP) is 2.43. The van der Waals surface area contributed by atoms with Crippen LogP contribution in [0.25, 0.3) is 0 Å². The third-order valence-corrected chi connectivity index (χ3v) is 9.15. The first kappa shape index (κ1) is 23.5. The number of sulfone groups is 1. The largest absolute Gasteiger partial charge is 0.486 e. The van der Waals surface area contributed by atoms with Crippen LogP contribution in [-0.4, -0.2) is 59.1 Å². The van der Waals surface area contributed by atoms with Gasteiger partial charge in [0.05, 0.1) is 15.5 Å². The second kappa shape index (κ2) is 9.70. The van der Waals surface area contributed by atoms with Crippen LogP contribution in [0.15, 0.2) is 52.3 Å². The number of sulfonamides is 1. The number of piperidine rings is 1. The zero-order chi connectivity index (χ0) is 23.5. The highest BCUT2D eigenvalue weighted by molar-refractivity contribution is 7.91. The second-order valence-corrected chi connectivity index (χ2v) is 12.0. The van der Waals surface area contributed by atoms with E-state index in [-0.39, 0.29) is 16.2 Å². The Morgan fingerprint density at radius 2 is 1.61 bits per heavy atom. The number of carbonyl (C=O) groups is 1.